The second-order valence-electron chi connectivity index (χ2n) is 6.99. The highest BCUT2D eigenvalue weighted by Crippen LogP contribution is 2.25. The number of hydrogen-bond donors (Lipinski definition) is 0. The number of rotatable bonds is 5. The quantitative estimate of drug-likeness (QED) is 0.230. The number of aliphatic imine (C=N–C) groups is 1. The van der Waals surface area contributed by atoms with Crippen molar-refractivity contribution in [1.29, 1.82) is 0 Å². The summed E-state index contributed by atoms with van der Waals surface area (Å²) in [4.78, 5) is 17.5. The molecular formula is C20H22Cl2N2OS. The fourth-order valence-corrected chi connectivity index (χ4v) is 3.42. The highest BCUT2D eigenvalue weighted by molar-refractivity contribution is 7.77. The highest BCUT2D eigenvalue weighted by atomic mass is 35.5. The Bertz CT molecular complexity index is 827. The summed E-state index contributed by atoms with van der Waals surface area (Å²) in [5.41, 5.74) is 1.57. The van der Waals surface area contributed by atoms with Crippen LogP contribution in [0.4, 0.5) is 0 Å². The molecule has 1 heterocycles. The lowest BCUT2D eigenvalue weighted by molar-refractivity contribution is -0.692. The zero-order valence-corrected chi connectivity index (χ0v) is 17.6. The van der Waals surface area contributed by atoms with Crippen molar-refractivity contribution in [3.05, 3.63) is 63.9 Å². The number of ketones is 1. The number of nitrogens with zero attached hydrogens (tertiary/aromatic N) is 2. The Morgan fingerprint density at radius 2 is 1.81 bits per heavy atom. The number of Topliss-reactive ketones (excluding diaryl/α,β-unsaturated/α-hetero) is 1. The Morgan fingerprint density at radius 1 is 1.19 bits per heavy atom. The zero-order valence-electron chi connectivity index (χ0n) is 15.3. The van der Waals surface area contributed by atoms with Gasteiger partial charge in [-0.15, -0.1) is 0 Å². The number of carbonyl (C=O) groups excluding carboxylic acids is 1. The van der Waals surface area contributed by atoms with E-state index in [4.69, 9.17) is 35.8 Å². The van der Waals surface area contributed by atoms with Crippen LogP contribution in [0.25, 0.3) is 0 Å². The molecule has 0 amide bonds. The molecule has 138 valence electrons. The highest BCUT2D eigenvalue weighted by Gasteiger charge is 2.30. The Kier molecular flexibility index (Phi) is 6.78. The first-order valence-corrected chi connectivity index (χ1v) is 9.53. The minimum absolute atomic E-state index is 0.0202. The number of hydrogen-bond acceptors (Lipinski definition) is 3. The van der Waals surface area contributed by atoms with Crippen LogP contribution in [0.15, 0.2) is 47.7 Å². The van der Waals surface area contributed by atoms with Crippen molar-refractivity contribution in [2.24, 2.45) is 4.99 Å². The molecule has 26 heavy (non-hydrogen) atoms. The van der Waals surface area contributed by atoms with E-state index in [1.807, 2.05) is 31.5 Å². The van der Waals surface area contributed by atoms with E-state index in [9.17, 15) is 4.79 Å². The summed E-state index contributed by atoms with van der Waals surface area (Å²) < 4.78 is 1.78. The fraction of sp³-hybridized carbons (Fsp3) is 0.350. The number of benzene rings is 1. The van der Waals surface area contributed by atoms with Gasteiger partial charge in [0, 0.05) is 29.3 Å². The number of carbonyl (C=O) groups is 1. The van der Waals surface area contributed by atoms with Crippen LogP contribution in [0.3, 0.4) is 0 Å². The second kappa shape index (κ2) is 8.47. The van der Waals surface area contributed by atoms with Gasteiger partial charge in [0.05, 0.1) is 5.02 Å². The fourth-order valence-electron chi connectivity index (χ4n) is 2.56. The molecule has 0 N–H and O–H groups in total. The molecule has 0 spiro atoms. The van der Waals surface area contributed by atoms with Crippen molar-refractivity contribution in [3.63, 3.8) is 0 Å². The average Bonchev–Trinajstić information content (AvgIpc) is 2.54. The van der Waals surface area contributed by atoms with Gasteiger partial charge in [-0.25, -0.2) is 0 Å². The summed E-state index contributed by atoms with van der Waals surface area (Å²) in [5, 5.41) is 1.11. The van der Waals surface area contributed by atoms with E-state index in [1.165, 1.54) is 5.56 Å². The SMILES string of the molecule is CCN=C([S-])C(C(=O)c1ccc(Cl)cc1Cl)[n+]1ccc(C(C)(C)C)cc1. The van der Waals surface area contributed by atoms with Gasteiger partial charge in [-0.3, -0.25) is 4.79 Å². The molecule has 0 saturated heterocycles. The smallest absolute Gasteiger partial charge is 0.237 e. The molecule has 0 aliphatic carbocycles. The summed E-state index contributed by atoms with van der Waals surface area (Å²) in [5.74, 6) is -0.206. The molecule has 3 nitrogen and oxygen atoms in total. The summed E-state index contributed by atoms with van der Waals surface area (Å²) in [7, 11) is 0. The summed E-state index contributed by atoms with van der Waals surface area (Å²) in [6.07, 6.45) is 3.73. The molecule has 0 aliphatic rings. The van der Waals surface area contributed by atoms with Crippen molar-refractivity contribution in [2.45, 2.75) is 39.2 Å². The topological polar surface area (TPSA) is 33.3 Å². The lowest BCUT2D eigenvalue weighted by atomic mass is 9.88. The van der Waals surface area contributed by atoms with E-state index in [0.717, 1.165) is 0 Å². The predicted octanol–water partition coefficient (Wildman–Crippen LogP) is 4.97. The van der Waals surface area contributed by atoms with E-state index in [0.29, 0.717) is 27.2 Å². The standard InChI is InChI=1S/C20H22Cl2N2OS/c1-5-23-19(26)17(18(25)15-7-6-14(21)12-16(15)22)24-10-8-13(9-11-24)20(2,3)4/h6-12,17H,5H2,1-4H3. The molecule has 2 aromatic rings. The summed E-state index contributed by atoms with van der Waals surface area (Å²) >= 11 is 17.6. The van der Waals surface area contributed by atoms with E-state index in [2.05, 4.69) is 25.8 Å². The van der Waals surface area contributed by atoms with Gasteiger partial charge in [-0.2, -0.15) is 4.57 Å². The van der Waals surface area contributed by atoms with E-state index >= 15 is 0 Å². The first-order valence-electron chi connectivity index (χ1n) is 8.37. The Labute approximate surface area is 170 Å². The molecule has 0 saturated carbocycles. The molecule has 1 aromatic carbocycles. The third-order valence-corrected chi connectivity index (χ3v) is 4.91. The van der Waals surface area contributed by atoms with Crippen LogP contribution >= 0.6 is 23.2 Å². The zero-order chi connectivity index (χ0) is 19.5. The van der Waals surface area contributed by atoms with Gasteiger partial charge >= 0.3 is 0 Å². The van der Waals surface area contributed by atoms with Crippen molar-refractivity contribution < 1.29 is 9.36 Å². The predicted molar refractivity (Wildman–Crippen MR) is 111 cm³/mol. The minimum Gasteiger partial charge on any atom is -0.758 e. The van der Waals surface area contributed by atoms with E-state index in [-0.39, 0.29) is 11.2 Å². The maximum atomic E-state index is 13.2. The maximum Gasteiger partial charge on any atom is 0.237 e. The average molecular weight is 409 g/mol. The third-order valence-electron chi connectivity index (χ3n) is 4.01. The van der Waals surface area contributed by atoms with Gasteiger partial charge < -0.3 is 17.6 Å². The normalized spacial score (nSPS) is 13.5. The Balaban J connectivity index is 2.50. The molecule has 2 rings (SSSR count). The van der Waals surface area contributed by atoms with Crippen LogP contribution in [0.5, 0.6) is 0 Å². The number of aromatic nitrogens is 1. The first-order chi connectivity index (χ1) is 12.1. The third kappa shape index (κ3) is 4.81. The lowest BCUT2D eigenvalue weighted by Gasteiger charge is -2.21. The maximum absolute atomic E-state index is 13.2. The van der Waals surface area contributed by atoms with Gasteiger partial charge in [0.2, 0.25) is 11.8 Å². The molecule has 1 atom stereocenters. The molecular weight excluding hydrogens is 387 g/mol. The number of halogens is 2. The molecule has 0 fully saturated rings. The monoisotopic (exact) mass is 408 g/mol. The van der Waals surface area contributed by atoms with Crippen molar-refractivity contribution in [1.82, 2.24) is 0 Å². The van der Waals surface area contributed by atoms with E-state index < -0.39 is 6.04 Å². The minimum atomic E-state index is -0.724. The lowest BCUT2D eigenvalue weighted by Crippen LogP contribution is -2.48. The molecule has 1 unspecified atom stereocenters. The molecule has 1 aromatic heterocycles. The van der Waals surface area contributed by atoms with E-state index in [1.54, 1.807) is 22.8 Å². The van der Waals surface area contributed by atoms with Crippen molar-refractivity contribution in [2.75, 3.05) is 6.54 Å². The first kappa shape index (κ1) is 20.8. The van der Waals surface area contributed by atoms with Gasteiger partial charge in [0.1, 0.15) is 0 Å². The second-order valence-corrected chi connectivity index (χ2v) is 8.25. The van der Waals surface area contributed by atoms with Crippen LogP contribution in [0, 0.1) is 0 Å². The van der Waals surface area contributed by atoms with Crippen LogP contribution < -0.4 is 4.57 Å². The Morgan fingerprint density at radius 3 is 2.31 bits per heavy atom. The van der Waals surface area contributed by atoms with Crippen LogP contribution in [0.1, 0.15) is 49.7 Å². The van der Waals surface area contributed by atoms with Crippen LogP contribution in [-0.2, 0) is 18.0 Å². The molecule has 6 heteroatoms. The van der Waals surface area contributed by atoms with Gasteiger partial charge in [-0.05, 0) is 41.1 Å². The van der Waals surface area contributed by atoms with Gasteiger partial charge in [0.15, 0.2) is 12.4 Å². The molecule has 0 bridgehead atoms. The summed E-state index contributed by atoms with van der Waals surface area (Å²) in [6.45, 7) is 8.81. The molecule has 0 radical (unpaired) electrons. The number of pyridine rings is 1. The largest absolute Gasteiger partial charge is 0.758 e. The van der Waals surface area contributed by atoms with Crippen molar-refractivity contribution >= 4 is 46.7 Å². The van der Waals surface area contributed by atoms with Gasteiger partial charge in [0.25, 0.3) is 0 Å². The van der Waals surface area contributed by atoms with Crippen LogP contribution in [0.2, 0.25) is 10.0 Å². The van der Waals surface area contributed by atoms with Crippen LogP contribution in [-0.4, -0.2) is 17.4 Å². The molecule has 0 aliphatic heterocycles. The van der Waals surface area contributed by atoms with Crippen molar-refractivity contribution in [3.8, 4) is 0 Å². The van der Waals surface area contributed by atoms with Gasteiger partial charge in [-0.1, -0.05) is 44.0 Å². The Hall–Kier alpha value is -1.49. The summed E-state index contributed by atoms with van der Waals surface area (Å²) in [6, 6.07) is 8.10.